The van der Waals surface area contributed by atoms with Gasteiger partial charge in [-0.2, -0.15) is 0 Å². The van der Waals surface area contributed by atoms with Gasteiger partial charge in [-0.25, -0.2) is 0 Å². The van der Waals surface area contributed by atoms with Crippen LogP contribution >= 0.6 is 0 Å². The van der Waals surface area contributed by atoms with E-state index in [0.29, 0.717) is 28.6 Å². The minimum atomic E-state index is -1.04. The van der Waals surface area contributed by atoms with Gasteiger partial charge in [0.1, 0.15) is 12.1 Å². The number of aliphatic carboxylic acids is 1. The van der Waals surface area contributed by atoms with Crippen molar-refractivity contribution in [2.75, 3.05) is 14.1 Å². The summed E-state index contributed by atoms with van der Waals surface area (Å²) in [5, 5.41) is 22.0. The highest BCUT2D eigenvalue weighted by molar-refractivity contribution is 6.48. The van der Waals surface area contributed by atoms with Crippen LogP contribution in [0.4, 0.5) is 0 Å². The average Bonchev–Trinajstić information content (AvgIpc) is 3.68. The zero-order chi connectivity index (χ0) is 41.6. The first-order valence-electron chi connectivity index (χ1n) is 20.3. The van der Waals surface area contributed by atoms with Crippen molar-refractivity contribution in [1.82, 2.24) is 26.6 Å². The van der Waals surface area contributed by atoms with Crippen LogP contribution in [0, 0.1) is 41.9 Å². The van der Waals surface area contributed by atoms with Gasteiger partial charge in [0.05, 0.1) is 41.4 Å². The van der Waals surface area contributed by atoms with Crippen molar-refractivity contribution < 1.29 is 42.9 Å². The van der Waals surface area contributed by atoms with E-state index in [1.165, 1.54) is 19.8 Å². The molecule has 6 aliphatic carbocycles. The molecule has 0 radical (unpaired) electrons. The Labute approximate surface area is 336 Å². The van der Waals surface area contributed by atoms with Crippen LogP contribution in [-0.4, -0.2) is 117 Å². The van der Waals surface area contributed by atoms with Crippen molar-refractivity contribution in [2.24, 2.45) is 40.2 Å². The van der Waals surface area contributed by atoms with Gasteiger partial charge < -0.3 is 63.5 Å². The first-order chi connectivity index (χ1) is 25.3. The van der Waals surface area contributed by atoms with Crippen LogP contribution in [0.5, 0.6) is 0 Å². The van der Waals surface area contributed by atoms with Gasteiger partial charge in [-0.1, -0.05) is 34.6 Å². The highest BCUT2D eigenvalue weighted by Gasteiger charge is 2.69. The molecule has 3 amide bonds. The van der Waals surface area contributed by atoms with Gasteiger partial charge in [0.25, 0.3) is 0 Å². The Morgan fingerprint density at radius 2 is 1.00 bits per heavy atom. The van der Waals surface area contributed by atoms with E-state index in [0.717, 1.165) is 18.8 Å². The monoisotopic (exact) mass is 792 g/mol. The molecule has 4 bridgehead atoms. The first kappa shape index (κ1) is 48.1. The Balaban J connectivity index is 0.000000246. The molecular formula is C39H73B2N6O9-. The summed E-state index contributed by atoms with van der Waals surface area (Å²) in [5.74, 6) is 0.499. The van der Waals surface area contributed by atoms with Crippen molar-refractivity contribution in [3.8, 4) is 0 Å². The van der Waals surface area contributed by atoms with E-state index >= 15 is 0 Å². The minimum Gasteiger partial charge on any atom is -0.480 e. The van der Waals surface area contributed by atoms with E-state index in [1.54, 1.807) is 34.9 Å². The predicted octanol–water partition coefficient (Wildman–Crippen LogP) is 2.11. The molecule has 15 nitrogen and oxygen atoms in total. The molecule has 2 aliphatic heterocycles. The zero-order valence-corrected chi connectivity index (χ0v) is 36.7. The number of carboxylic acids is 1. The molecule has 8 N–H and O–H groups in total. The van der Waals surface area contributed by atoms with Gasteiger partial charge in [0, 0.05) is 5.94 Å². The molecule has 14 atom stereocenters. The lowest BCUT2D eigenvalue weighted by Crippen LogP contribution is -2.65. The lowest BCUT2D eigenvalue weighted by atomic mass is 9.43. The molecule has 56 heavy (non-hydrogen) atoms. The topological polar surface area (TPSA) is 212 Å². The molecule has 2 heterocycles. The van der Waals surface area contributed by atoms with Gasteiger partial charge in [0.2, 0.25) is 17.7 Å². The van der Waals surface area contributed by atoms with E-state index in [4.69, 9.17) is 29.5 Å². The fourth-order valence-corrected chi connectivity index (χ4v) is 9.72. The summed E-state index contributed by atoms with van der Waals surface area (Å²) in [6, 6.07) is -2.18. The van der Waals surface area contributed by atoms with Crippen molar-refractivity contribution >= 4 is 37.9 Å². The largest absolute Gasteiger partial charge is 0.481 e. The van der Waals surface area contributed by atoms with Crippen LogP contribution in [-0.2, 0) is 37.8 Å². The van der Waals surface area contributed by atoms with Gasteiger partial charge in [-0.05, 0) is 123 Å². The molecule has 4 unspecified atom stereocenters. The molecule has 320 valence electrons. The third-order valence-corrected chi connectivity index (χ3v) is 14.3. The fourth-order valence-electron chi connectivity index (χ4n) is 9.72. The summed E-state index contributed by atoms with van der Waals surface area (Å²) < 4.78 is 24.7. The molecule has 8 aliphatic rings. The first-order valence-corrected chi connectivity index (χ1v) is 20.3. The number of hydrogen-bond acceptors (Lipinski definition) is 11. The van der Waals surface area contributed by atoms with Crippen LogP contribution in [0.1, 0.15) is 109 Å². The number of nitrogens with two attached hydrogens (primary N) is 1. The van der Waals surface area contributed by atoms with E-state index in [9.17, 15) is 19.2 Å². The maximum atomic E-state index is 12.5. The zero-order valence-electron chi connectivity index (χ0n) is 36.7. The Morgan fingerprint density at radius 1 is 0.625 bits per heavy atom. The Kier molecular flexibility index (Phi) is 15.4. The summed E-state index contributed by atoms with van der Waals surface area (Å²) in [6.07, 6.45) is 5.01. The standard InChI is InChI=1S/C19H34BN3O4.C12H22BNO2.C7H14N2O3.CH3/c1-10(21-7)16(24)22-11(2)17(25)23-12(3)20-26-15-9-13-8-14(18(13,4)5)19(15,6)27-20;1-7(14)13-15-10-6-8-5-9(11(8,2)3)12(10,4)16-13;1-4(8-3)6(10)9-5(2)7(11)12;/h10-15,21H,8-9H2,1-7H3,(H,22,24)(H,23,25);7-10H,5-6,14H2,1-4H3;4-5,8H,1-3H3,(H,9,10)(H,11,12);1H3/q;;;-1/t10?,11?,12-,13-,14-,15+,19-;7-,8-,9-,10+,12-;;/m00../s1. The Bertz CT molecular complexity index is 1420. The highest BCUT2D eigenvalue weighted by atomic mass is 16.7. The summed E-state index contributed by atoms with van der Waals surface area (Å²) in [7, 11) is 2.68. The molecule has 0 aromatic rings. The van der Waals surface area contributed by atoms with E-state index in [1.807, 2.05) is 13.8 Å². The van der Waals surface area contributed by atoms with Crippen molar-refractivity contribution in [2.45, 2.75) is 168 Å². The molecule has 0 aromatic heterocycles. The third kappa shape index (κ3) is 9.29. The SMILES string of the molecule is CNC(C)C(=O)NC(C)C(=O)N[C@@H](C)B1O[C@@H]2C[C@@H]3C[C@@H](C3(C)C)[C@]2(C)O1.CNC(C)C(=O)NC(C)C(=O)O.C[C@H](N)B1O[C@@H]2C[C@@H]3C[C@@H](C3(C)C)[C@]2(C)O1.[CH3-]. The van der Waals surface area contributed by atoms with Crippen LogP contribution in [0.15, 0.2) is 0 Å². The number of carboxylic acid groups (broad SMARTS) is 1. The summed E-state index contributed by atoms with van der Waals surface area (Å²) in [6.45, 7) is 24.1. The quantitative estimate of drug-likeness (QED) is 0.119. The van der Waals surface area contributed by atoms with Gasteiger partial charge in [-0.15, -0.1) is 0 Å². The molecule has 0 aromatic carbocycles. The molecule has 8 rings (SSSR count). The number of amides is 3. The number of likely N-dealkylation sites (N-methyl/N-ethyl adjacent to an activating group) is 2. The van der Waals surface area contributed by atoms with Crippen molar-refractivity contribution in [3.05, 3.63) is 7.43 Å². The lowest BCUT2D eigenvalue weighted by molar-refractivity contribution is -0.199. The summed E-state index contributed by atoms with van der Waals surface area (Å²) in [5.41, 5.74) is 6.21. The van der Waals surface area contributed by atoms with E-state index in [2.05, 4.69) is 68.1 Å². The molecule has 6 saturated carbocycles. The molecular weight excluding hydrogens is 718 g/mol. The highest BCUT2D eigenvalue weighted by Crippen LogP contribution is 2.66. The van der Waals surface area contributed by atoms with Crippen LogP contribution in [0.2, 0.25) is 0 Å². The molecule has 0 spiro atoms. The fraction of sp³-hybridized carbons (Fsp3) is 0.872. The predicted molar refractivity (Wildman–Crippen MR) is 218 cm³/mol. The summed E-state index contributed by atoms with van der Waals surface area (Å²) >= 11 is 0. The average molecular weight is 792 g/mol. The number of rotatable bonds is 11. The minimum absolute atomic E-state index is 0. The number of carbonyl (C=O) groups excluding carboxylic acids is 3. The van der Waals surface area contributed by atoms with Gasteiger partial charge >= 0.3 is 20.2 Å². The molecule has 2 saturated heterocycles. The summed E-state index contributed by atoms with van der Waals surface area (Å²) in [4.78, 5) is 45.8. The lowest BCUT2D eigenvalue weighted by Gasteiger charge is -2.64. The maximum Gasteiger partial charge on any atom is 0.481 e. The maximum absolute atomic E-state index is 12.5. The number of nitrogens with one attached hydrogen (secondary N) is 5. The molecule has 8 fully saturated rings. The second-order valence-electron chi connectivity index (χ2n) is 18.7. The molecule has 17 heteroatoms. The smallest absolute Gasteiger partial charge is 0.480 e. The van der Waals surface area contributed by atoms with Gasteiger partial charge in [-0.3, -0.25) is 19.2 Å². The Hall–Kier alpha value is -2.27. The van der Waals surface area contributed by atoms with Crippen LogP contribution < -0.4 is 32.3 Å². The second kappa shape index (κ2) is 17.9. The van der Waals surface area contributed by atoms with Crippen molar-refractivity contribution in [3.63, 3.8) is 0 Å². The normalized spacial score (nSPS) is 35.5. The van der Waals surface area contributed by atoms with E-state index < -0.39 is 25.2 Å². The van der Waals surface area contributed by atoms with Crippen LogP contribution in [0.3, 0.4) is 0 Å². The van der Waals surface area contributed by atoms with Crippen LogP contribution in [0.25, 0.3) is 0 Å². The van der Waals surface area contributed by atoms with Gasteiger partial charge in [0.15, 0.2) is 0 Å². The van der Waals surface area contributed by atoms with E-state index in [-0.39, 0.29) is 79.6 Å². The number of carbonyl (C=O) groups is 4. The van der Waals surface area contributed by atoms with Crippen molar-refractivity contribution in [1.29, 1.82) is 0 Å². The third-order valence-electron chi connectivity index (χ3n) is 14.3. The second-order valence-corrected chi connectivity index (χ2v) is 18.7. The Morgan fingerprint density at radius 3 is 1.38 bits per heavy atom. The number of hydrogen-bond donors (Lipinski definition) is 7.